The molecular weight excluding hydrogens is 360 g/mol. The van der Waals surface area contributed by atoms with Gasteiger partial charge in [-0.3, -0.25) is 9.63 Å². The third-order valence-electron chi connectivity index (χ3n) is 4.07. The number of amides is 2. The molecule has 1 heterocycles. The molecular formula is C17H28N2O4S2. The summed E-state index contributed by atoms with van der Waals surface area (Å²) in [6.07, 6.45) is 2.07. The van der Waals surface area contributed by atoms with E-state index in [9.17, 15) is 9.59 Å². The van der Waals surface area contributed by atoms with Crippen molar-refractivity contribution in [3.05, 3.63) is 9.81 Å². The van der Waals surface area contributed by atoms with Crippen LogP contribution in [-0.2, 0) is 14.4 Å². The van der Waals surface area contributed by atoms with E-state index in [1.54, 1.807) is 7.05 Å². The molecule has 8 heteroatoms. The Morgan fingerprint density at radius 1 is 1.20 bits per heavy atom. The molecule has 25 heavy (non-hydrogen) atoms. The summed E-state index contributed by atoms with van der Waals surface area (Å²) in [4.78, 5) is 29.9. The Kier molecular flexibility index (Phi) is 7.10. The smallest absolute Gasteiger partial charge is 0.407 e. The summed E-state index contributed by atoms with van der Waals surface area (Å²) in [6.45, 7) is 5.47. The molecule has 2 unspecified atom stereocenters. The molecule has 0 aromatic carbocycles. The molecule has 2 aliphatic rings. The standard InChI is InChI=1S/C17H28N2O4S2/c1-17(2,3)23-16(21)18-13-10-11(15-24-7-6-8-25-15)9-12(13)14(20)19(4)22-5/h12-13H,6-10H2,1-5H3,(H,18,21). The van der Waals surface area contributed by atoms with Crippen molar-refractivity contribution in [1.29, 1.82) is 0 Å². The monoisotopic (exact) mass is 388 g/mol. The van der Waals surface area contributed by atoms with Crippen molar-refractivity contribution in [2.45, 2.75) is 51.7 Å². The van der Waals surface area contributed by atoms with Gasteiger partial charge in [0.1, 0.15) is 5.60 Å². The van der Waals surface area contributed by atoms with Gasteiger partial charge in [-0.05, 0) is 57.1 Å². The zero-order valence-electron chi connectivity index (χ0n) is 15.6. The summed E-state index contributed by atoms with van der Waals surface area (Å²) in [6, 6.07) is -0.273. The quantitative estimate of drug-likeness (QED) is 0.748. The number of alkyl carbamates (subject to hydrolysis) is 1. The fraction of sp³-hybridized carbons (Fsp3) is 0.765. The molecule has 0 aromatic rings. The molecule has 1 N–H and O–H groups in total. The third kappa shape index (κ3) is 5.82. The van der Waals surface area contributed by atoms with Crippen LogP contribution in [-0.4, -0.2) is 54.4 Å². The van der Waals surface area contributed by atoms with E-state index in [0.29, 0.717) is 12.8 Å². The zero-order valence-corrected chi connectivity index (χ0v) is 17.2. The minimum Gasteiger partial charge on any atom is -0.444 e. The van der Waals surface area contributed by atoms with Crippen LogP contribution >= 0.6 is 23.5 Å². The first-order valence-electron chi connectivity index (χ1n) is 8.50. The molecule has 2 fully saturated rings. The topological polar surface area (TPSA) is 67.9 Å². The van der Waals surface area contributed by atoms with Gasteiger partial charge < -0.3 is 10.1 Å². The van der Waals surface area contributed by atoms with Gasteiger partial charge >= 0.3 is 6.09 Å². The SMILES string of the molecule is CON(C)C(=O)C1CC(=C2SCCCS2)CC1NC(=O)OC(C)(C)C. The van der Waals surface area contributed by atoms with Crippen LogP contribution in [0, 0.1) is 5.92 Å². The van der Waals surface area contributed by atoms with E-state index in [4.69, 9.17) is 9.57 Å². The number of carbonyl (C=O) groups excluding carboxylic acids is 2. The lowest BCUT2D eigenvalue weighted by Crippen LogP contribution is -2.45. The summed E-state index contributed by atoms with van der Waals surface area (Å²) >= 11 is 3.72. The van der Waals surface area contributed by atoms with Crippen LogP contribution in [0.25, 0.3) is 0 Å². The van der Waals surface area contributed by atoms with Gasteiger partial charge in [0.2, 0.25) is 0 Å². The Labute approximate surface area is 158 Å². The van der Waals surface area contributed by atoms with Crippen LogP contribution in [0.1, 0.15) is 40.0 Å². The summed E-state index contributed by atoms with van der Waals surface area (Å²) in [5, 5.41) is 4.14. The van der Waals surface area contributed by atoms with Crippen molar-refractivity contribution < 1.29 is 19.2 Å². The second-order valence-corrected chi connectivity index (χ2v) is 9.70. The van der Waals surface area contributed by atoms with Crippen molar-refractivity contribution in [2.75, 3.05) is 25.7 Å². The van der Waals surface area contributed by atoms with Gasteiger partial charge in [0.15, 0.2) is 0 Å². The van der Waals surface area contributed by atoms with E-state index in [0.717, 1.165) is 11.5 Å². The molecule has 1 aliphatic heterocycles. The van der Waals surface area contributed by atoms with E-state index in [2.05, 4.69) is 5.32 Å². The Bertz CT molecular complexity index is 537. The highest BCUT2D eigenvalue weighted by Gasteiger charge is 2.40. The van der Waals surface area contributed by atoms with Crippen LogP contribution in [0.4, 0.5) is 4.79 Å². The molecule has 142 valence electrons. The van der Waals surface area contributed by atoms with E-state index in [1.165, 1.54) is 28.4 Å². The fourth-order valence-corrected chi connectivity index (χ4v) is 5.60. The highest BCUT2D eigenvalue weighted by molar-refractivity contribution is 8.22. The van der Waals surface area contributed by atoms with Crippen LogP contribution in [0.15, 0.2) is 9.81 Å². The van der Waals surface area contributed by atoms with Crippen LogP contribution in [0.3, 0.4) is 0 Å². The largest absolute Gasteiger partial charge is 0.444 e. The number of hydroxylamine groups is 2. The Morgan fingerprint density at radius 3 is 2.40 bits per heavy atom. The van der Waals surface area contributed by atoms with Crippen molar-refractivity contribution in [1.82, 2.24) is 10.4 Å². The summed E-state index contributed by atoms with van der Waals surface area (Å²) in [5.74, 6) is 1.78. The van der Waals surface area contributed by atoms with E-state index in [-0.39, 0.29) is 17.9 Å². The van der Waals surface area contributed by atoms with Gasteiger partial charge in [-0.15, -0.1) is 23.5 Å². The summed E-state index contributed by atoms with van der Waals surface area (Å²) < 4.78 is 6.68. The number of thioether (sulfide) groups is 2. The molecule has 1 aliphatic carbocycles. The highest BCUT2D eigenvalue weighted by atomic mass is 32.2. The molecule has 2 rings (SSSR count). The predicted molar refractivity (Wildman–Crippen MR) is 102 cm³/mol. The van der Waals surface area contributed by atoms with Crippen LogP contribution in [0.2, 0.25) is 0 Å². The van der Waals surface area contributed by atoms with Crippen LogP contribution in [0.5, 0.6) is 0 Å². The molecule has 1 saturated carbocycles. The van der Waals surface area contributed by atoms with Crippen molar-refractivity contribution >= 4 is 35.5 Å². The van der Waals surface area contributed by atoms with Gasteiger partial charge in [-0.1, -0.05) is 0 Å². The van der Waals surface area contributed by atoms with Gasteiger partial charge in [0.25, 0.3) is 5.91 Å². The van der Waals surface area contributed by atoms with Crippen molar-refractivity contribution in [3.63, 3.8) is 0 Å². The molecule has 6 nitrogen and oxygen atoms in total. The average molecular weight is 389 g/mol. The summed E-state index contributed by atoms with van der Waals surface area (Å²) in [7, 11) is 3.07. The van der Waals surface area contributed by atoms with Gasteiger partial charge in [0.05, 0.1) is 13.0 Å². The number of nitrogens with one attached hydrogen (secondary N) is 1. The fourth-order valence-electron chi connectivity index (χ4n) is 2.89. The first kappa shape index (κ1) is 20.5. The van der Waals surface area contributed by atoms with Crippen molar-refractivity contribution in [2.24, 2.45) is 5.92 Å². The van der Waals surface area contributed by atoms with Gasteiger partial charge in [0, 0.05) is 17.3 Å². The predicted octanol–water partition coefficient (Wildman–Crippen LogP) is 3.39. The molecule has 2 atom stereocenters. The van der Waals surface area contributed by atoms with E-state index in [1.807, 2.05) is 44.3 Å². The lowest BCUT2D eigenvalue weighted by Gasteiger charge is -2.25. The van der Waals surface area contributed by atoms with E-state index < -0.39 is 11.7 Å². The number of hydrogen-bond acceptors (Lipinski definition) is 6. The van der Waals surface area contributed by atoms with Crippen LogP contribution < -0.4 is 5.32 Å². The van der Waals surface area contributed by atoms with Gasteiger partial charge in [-0.25, -0.2) is 9.86 Å². The molecule has 0 bridgehead atoms. The van der Waals surface area contributed by atoms with Gasteiger partial charge in [-0.2, -0.15) is 0 Å². The Hall–Kier alpha value is -0.860. The van der Waals surface area contributed by atoms with E-state index >= 15 is 0 Å². The van der Waals surface area contributed by atoms with Crippen molar-refractivity contribution in [3.8, 4) is 0 Å². The molecule has 0 radical (unpaired) electrons. The number of carbonyl (C=O) groups is 2. The molecule has 0 aromatic heterocycles. The first-order chi connectivity index (χ1) is 11.7. The average Bonchev–Trinajstić information content (AvgIpc) is 2.96. The Balaban J connectivity index is 2.14. The maximum Gasteiger partial charge on any atom is 0.407 e. The third-order valence-corrected chi connectivity index (χ3v) is 6.86. The normalized spacial score (nSPS) is 24.2. The number of ether oxygens (including phenoxy) is 1. The molecule has 0 spiro atoms. The Morgan fingerprint density at radius 2 is 1.84 bits per heavy atom. The zero-order chi connectivity index (χ0) is 18.6. The maximum atomic E-state index is 12.7. The number of hydrogen-bond donors (Lipinski definition) is 1. The minimum atomic E-state index is -0.568. The minimum absolute atomic E-state index is 0.120. The summed E-state index contributed by atoms with van der Waals surface area (Å²) in [5.41, 5.74) is 0.695. The maximum absolute atomic E-state index is 12.7. The molecule has 2 amide bonds. The molecule has 1 saturated heterocycles. The lowest BCUT2D eigenvalue weighted by molar-refractivity contribution is -0.173. The highest BCUT2D eigenvalue weighted by Crippen LogP contribution is 2.44. The second kappa shape index (κ2) is 8.68. The first-order valence-corrected chi connectivity index (χ1v) is 10.5. The lowest BCUT2D eigenvalue weighted by atomic mass is 10.0. The second-order valence-electron chi connectivity index (χ2n) is 7.23. The number of nitrogens with zero attached hydrogens (tertiary/aromatic N) is 1. The number of rotatable bonds is 3.